The van der Waals surface area contributed by atoms with Gasteiger partial charge in [-0.25, -0.2) is 9.69 Å². The molecule has 0 spiro atoms. The molecule has 3 aromatic rings. The van der Waals surface area contributed by atoms with Crippen LogP contribution in [0.5, 0.6) is 11.5 Å². The molecule has 12 heteroatoms. The number of benzene rings is 3. The van der Waals surface area contributed by atoms with Gasteiger partial charge in [0.25, 0.3) is 17.7 Å². The number of hydrogen-bond donors (Lipinski definition) is 2. The third kappa shape index (κ3) is 6.26. The van der Waals surface area contributed by atoms with E-state index in [0.29, 0.717) is 30.6 Å². The Morgan fingerprint density at radius 2 is 1.79 bits per heavy atom. The number of amides is 5. The molecule has 2 N–H and O–H groups in total. The Morgan fingerprint density at radius 3 is 2.47 bits per heavy atom. The topological polar surface area (TPSA) is 114 Å². The first-order valence-electron chi connectivity index (χ1n) is 10.9. The second-order valence-electron chi connectivity index (χ2n) is 7.82. The molecule has 1 saturated heterocycles. The second kappa shape index (κ2) is 11.8. The monoisotopic (exact) mass is 665 g/mol. The van der Waals surface area contributed by atoms with E-state index in [2.05, 4.69) is 10.6 Å². The van der Waals surface area contributed by atoms with Gasteiger partial charge >= 0.3 is 6.03 Å². The van der Waals surface area contributed by atoms with Gasteiger partial charge in [0, 0.05) is 15.7 Å². The highest BCUT2D eigenvalue weighted by Crippen LogP contribution is 2.35. The molecule has 0 unspecified atom stereocenters. The van der Waals surface area contributed by atoms with Gasteiger partial charge in [-0.3, -0.25) is 19.7 Å². The molecule has 4 rings (SSSR count). The number of nitrogens with one attached hydrogen (secondary N) is 2. The minimum atomic E-state index is -0.882. The lowest BCUT2D eigenvalue weighted by Gasteiger charge is -2.26. The summed E-state index contributed by atoms with van der Waals surface area (Å²) >= 11 is 13.9. The van der Waals surface area contributed by atoms with E-state index in [1.807, 2.05) is 22.6 Å². The van der Waals surface area contributed by atoms with Crippen LogP contribution in [0.3, 0.4) is 0 Å². The number of ether oxygens (including phenoxy) is 2. The molecular weight excluding hydrogens is 648 g/mol. The molecule has 0 aromatic heterocycles. The molecule has 194 valence electrons. The molecule has 0 saturated carbocycles. The zero-order valence-corrected chi connectivity index (χ0v) is 23.3. The van der Waals surface area contributed by atoms with E-state index in [-0.39, 0.29) is 23.6 Å². The second-order valence-corrected chi connectivity index (χ2v) is 9.85. The van der Waals surface area contributed by atoms with Gasteiger partial charge in [-0.05, 0) is 88.8 Å². The Labute approximate surface area is 240 Å². The molecule has 9 nitrogen and oxygen atoms in total. The largest absolute Gasteiger partial charge is 0.493 e. The van der Waals surface area contributed by atoms with E-state index in [4.69, 9.17) is 32.7 Å². The van der Waals surface area contributed by atoms with E-state index in [0.717, 1.165) is 4.90 Å². The van der Waals surface area contributed by atoms with Crippen LogP contribution in [0, 0.1) is 3.57 Å². The van der Waals surface area contributed by atoms with Crippen molar-refractivity contribution in [1.29, 1.82) is 0 Å². The quantitative estimate of drug-likeness (QED) is 0.201. The van der Waals surface area contributed by atoms with E-state index in [1.165, 1.54) is 25.3 Å². The highest BCUT2D eigenvalue weighted by Gasteiger charge is 2.37. The Kier molecular flexibility index (Phi) is 8.55. The van der Waals surface area contributed by atoms with Crippen LogP contribution in [0.15, 0.2) is 66.2 Å². The molecule has 1 aliphatic heterocycles. The maximum atomic E-state index is 13.1. The fraction of sp³-hybridized carbons (Fsp3) is 0.0769. The van der Waals surface area contributed by atoms with Crippen molar-refractivity contribution in [1.82, 2.24) is 5.32 Å². The maximum Gasteiger partial charge on any atom is 0.335 e. The summed E-state index contributed by atoms with van der Waals surface area (Å²) in [4.78, 5) is 51.2. The minimum absolute atomic E-state index is 0.214. The average Bonchev–Trinajstić information content (AvgIpc) is 2.87. The average molecular weight is 666 g/mol. The van der Waals surface area contributed by atoms with Crippen LogP contribution in [0.4, 0.5) is 16.2 Å². The number of urea groups is 1. The third-order valence-corrected chi connectivity index (χ3v) is 6.49. The molecule has 3 aromatic carbocycles. The number of barbiturate groups is 1. The van der Waals surface area contributed by atoms with Gasteiger partial charge in [0.2, 0.25) is 0 Å². The summed E-state index contributed by atoms with van der Waals surface area (Å²) in [6, 6.07) is 15.1. The van der Waals surface area contributed by atoms with Gasteiger partial charge in [-0.2, -0.15) is 0 Å². The molecule has 0 aliphatic carbocycles. The van der Waals surface area contributed by atoms with Crippen molar-refractivity contribution in [3.8, 4) is 11.5 Å². The lowest BCUT2D eigenvalue weighted by molar-refractivity contribution is -0.122. The Hall–Kier alpha value is -3.61. The Bertz CT molecular complexity index is 1480. The number of anilines is 2. The number of rotatable bonds is 7. The van der Waals surface area contributed by atoms with Crippen molar-refractivity contribution >= 4 is 87.0 Å². The van der Waals surface area contributed by atoms with Gasteiger partial charge in [0.15, 0.2) is 18.1 Å². The van der Waals surface area contributed by atoms with Gasteiger partial charge in [0.05, 0.1) is 16.4 Å². The minimum Gasteiger partial charge on any atom is -0.493 e. The Balaban J connectivity index is 1.55. The predicted octanol–water partition coefficient (Wildman–Crippen LogP) is 5.29. The van der Waals surface area contributed by atoms with Crippen molar-refractivity contribution in [2.24, 2.45) is 0 Å². The SMILES string of the molecule is COc1cc(/C=C2\C(=O)NC(=O)N(c3cccc(Cl)c3)C2=O)cc(I)c1OCC(=O)Nc1ccc(Cl)cc1. The molecule has 1 heterocycles. The smallest absolute Gasteiger partial charge is 0.335 e. The van der Waals surface area contributed by atoms with Gasteiger partial charge in [0.1, 0.15) is 5.57 Å². The van der Waals surface area contributed by atoms with Crippen LogP contribution < -0.4 is 25.0 Å². The van der Waals surface area contributed by atoms with Crippen molar-refractivity contribution in [3.63, 3.8) is 0 Å². The summed E-state index contributed by atoms with van der Waals surface area (Å²) in [5, 5.41) is 5.73. The summed E-state index contributed by atoms with van der Waals surface area (Å²) in [6.07, 6.45) is 1.34. The molecule has 0 atom stereocenters. The van der Waals surface area contributed by atoms with E-state index < -0.39 is 23.8 Å². The number of carbonyl (C=O) groups excluding carboxylic acids is 4. The fourth-order valence-corrected chi connectivity index (χ4v) is 4.60. The number of imide groups is 2. The number of hydrogen-bond acceptors (Lipinski definition) is 6. The third-order valence-electron chi connectivity index (χ3n) is 5.21. The predicted molar refractivity (Wildman–Crippen MR) is 152 cm³/mol. The number of nitrogens with zero attached hydrogens (tertiary/aromatic N) is 1. The van der Waals surface area contributed by atoms with E-state index in [9.17, 15) is 19.2 Å². The molecule has 1 aliphatic rings. The normalized spacial score (nSPS) is 14.4. The van der Waals surface area contributed by atoms with E-state index in [1.54, 1.807) is 48.5 Å². The summed E-state index contributed by atoms with van der Waals surface area (Å²) in [7, 11) is 1.42. The molecule has 5 amide bonds. The first kappa shape index (κ1) is 27.4. The summed E-state index contributed by atoms with van der Waals surface area (Å²) in [6.45, 7) is -0.299. The fourth-order valence-electron chi connectivity index (χ4n) is 3.51. The van der Waals surface area contributed by atoms with Crippen molar-refractivity contribution in [2.45, 2.75) is 0 Å². The first-order valence-corrected chi connectivity index (χ1v) is 12.7. The molecule has 0 bridgehead atoms. The number of methoxy groups -OCH3 is 1. The molecular formula is C26H18Cl2IN3O6. The summed E-state index contributed by atoms with van der Waals surface area (Å²) in [5.41, 5.74) is 0.945. The number of halogens is 3. The standard InChI is InChI=1S/C26H18Cl2IN3O6/c1-37-21-11-14(10-20(29)23(21)38-13-22(33)30-17-7-5-15(27)6-8-17)9-19-24(34)31-26(36)32(25(19)35)18-4-2-3-16(28)12-18/h2-12H,13H2,1H3,(H,30,33)(H,31,34,36)/b19-9+. The molecule has 1 fully saturated rings. The van der Waals surface area contributed by atoms with Crippen LogP contribution in [-0.2, 0) is 14.4 Å². The Morgan fingerprint density at radius 1 is 1.05 bits per heavy atom. The van der Waals surface area contributed by atoms with Gasteiger partial charge in [-0.15, -0.1) is 0 Å². The van der Waals surface area contributed by atoms with Crippen molar-refractivity contribution in [3.05, 3.63) is 85.4 Å². The molecule has 0 radical (unpaired) electrons. The maximum absolute atomic E-state index is 13.1. The van der Waals surface area contributed by atoms with Gasteiger partial charge in [-0.1, -0.05) is 29.3 Å². The lowest BCUT2D eigenvalue weighted by atomic mass is 10.1. The van der Waals surface area contributed by atoms with Crippen LogP contribution in [-0.4, -0.2) is 37.5 Å². The van der Waals surface area contributed by atoms with Gasteiger partial charge < -0.3 is 14.8 Å². The van der Waals surface area contributed by atoms with Crippen molar-refractivity contribution < 1.29 is 28.7 Å². The van der Waals surface area contributed by atoms with E-state index >= 15 is 0 Å². The lowest BCUT2D eigenvalue weighted by Crippen LogP contribution is -2.54. The first-order chi connectivity index (χ1) is 18.2. The molecule has 38 heavy (non-hydrogen) atoms. The zero-order chi connectivity index (χ0) is 27.4. The van der Waals surface area contributed by atoms with Crippen LogP contribution >= 0.6 is 45.8 Å². The van der Waals surface area contributed by atoms with Crippen molar-refractivity contribution in [2.75, 3.05) is 23.9 Å². The highest BCUT2D eigenvalue weighted by atomic mass is 127. The zero-order valence-electron chi connectivity index (χ0n) is 19.6. The number of carbonyl (C=O) groups is 4. The summed E-state index contributed by atoms with van der Waals surface area (Å²) < 4.78 is 11.7. The van der Waals surface area contributed by atoms with Crippen LogP contribution in [0.25, 0.3) is 6.08 Å². The summed E-state index contributed by atoms with van der Waals surface area (Å²) in [5.74, 6) is -1.47. The highest BCUT2D eigenvalue weighted by molar-refractivity contribution is 14.1. The van der Waals surface area contributed by atoms with Crippen LogP contribution in [0.2, 0.25) is 10.0 Å². The van der Waals surface area contributed by atoms with Crippen LogP contribution in [0.1, 0.15) is 5.56 Å².